The lowest BCUT2D eigenvalue weighted by atomic mass is 10.2. The van der Waals surface area contributed by atoms with Crippen LogP contribution in [0.1, 0.15) is 11.1 Å². The lowest BCUT2D eigenvalue weighted by Crippen LogP contribution is -2.01. The van der Waals surface area contributed by atoms with Gasteiger partial charge in [-0.15, -0.1) is 0 Å². The molecule has 0 fully saturated rings. The summed E-state index contributed by atoms with van der Waals surface area (Å²) in [5, 5.41) is 0. The number of halogens is 2. The molecule has 0 amide bonds. The molecule has 102 valence electrons. The lowest BCUT2D eigenvalue weighted by Gasteiger charge is -2.09. The Morgan fingerprint density at radius 1 is 1.15 bits per heavy atom. The zero-order valence-corrected chi connectivity index (χ0v) is 12.7. The number of fused-ring (bicyclic) bond motifs is 1. The van der Waals surface area contributed by atoms with E-state index in [9.17, 15) is 4.39 Å². The Labute approximate surface area is 124 Å². The SMILES string of the molecule is Cc1cc2c(cc1F)nc(N)n2-c1ccc(C)c(Br)c1. The molecule has 0 atom stereocenters. The van der Waals surface area contributed by atoms with Gasteiger partial charge in [0.2, 0.25) is 5.95 Å². The fourth-order valence-corrected chi connectivity index (χ4v) is 2.58. The molecule has 20 heavy (non-hydrogen) atoms. The van der Waals surface area contributed by atoms with E-state index in [2.05, 4.69) is 20.9 Å². The summed E-state index contributed by atoms with van der Waals surface area (Å²) in [7, 11) is 0. The molecule has 1 aromatic heterocycles. The van der Waals surface area contributed by atoms with Crippen LogP contribution in [0, 0.1) is 19.7 Å². The number of aryl methyl sites for hydroxylation is 2. The molecule has 2 aromatic carbocycles. The van der Waals surface area contributed by atoms with E-state index in [-0.39, 0.29) is 5.82 Å². The summed E-state index contributed by atoms with van der Waals surface area (Å²) >= 11 is 3.51. The highest BCUT2D eigenvalue weighted by molar-refractivity contribution is 9.10. The van der Waals surface area contributed by atoms with Crippen LogP contribution < -0.4 is 5.73 Å². The molecule has 0 spiro atoms. The van der Waals surface area contributed by atoms with Crippen molar-refractivity contribution in [1.29, 1.82) is 0 Å². The zero-order valence-electron chi connectivity index (χ0n) is 11.1. The molecular formula is C15H13BrFN3. The van der Waals surface area contributed by atoms with Crippen molar-refractivity contribution >= 4 is 32.9 Å². The second-order valence-corrected chi connectivity index (χ2v) is 5.68. The van der Waals surface area contributed by atoms with Gasteiger partial charge in [-0.2, -0.15) is 0 Å². The van der Waals surface area contributed by atoms with Crippen LogP contribution in [0.25, 0.3) is 16.7 Å². The lowest BCUT2D eigenvalue weighted by molar-refractivity contribution is 0.620. The van der Waals surface area contributed by atoms with E-state index in [4.69, 9.17) is 5.73 Å². The van der Waals surface area contributed by atoms with Gasteiger partial charge in [-0.1, -0.05) is 22.0 Å². The minimum atomic E-state index is -0.271. The van der Waals surface area contributed by atoms with E-state index in [1.165, 1.54) is 6.07 Å². The van der Waals surface area contributed by atoms with Crippen molar-refractivity contribution < 1.29 is 4.39 Å². The largest absolute Gasteiger partial charge is 0.369 e. The number of hydrogen-bond acceptors (Lipinski definition) is 2. The van der Waals surface area contributed by atoms with Crippen molar-refractivity contribution in [2.24, 2.45) is 0 Å². The molecule has 3 rings (SSSR count). The van der Waals surface area contributed by atoms with E-state index in [1.54, 1.807) is 13.0 Å². The van der Waals surface area contributed by atoms with Gasteiger partial charge in [0.15, 0.2) is 0 Å². The van der Waals surface area contributed by atoms with Gasteiger partial charge in [0.25, 0.3) is 0 Å². The van der Waals surface area contributed by atoms with Crippen molar-refractivity contribution in [1.82, 2.24) is 9.55 Å². The number of anilines is 1. The molecule has 0 radical (unpaired) electrons. The minimum absolute atomic E-state index is 0.271. The molecule has 0 saturated heterocycles. The summed E-state index contributed by atoms with van der Waals surface area (Å²) in [5.74, 6) is 0.0768. The summed E-state index contributed by atoms with van der Waals surface area (Å²) < 4.78 is 16.4. The van der Waals surface area contributed by atoms with E-state index in [0.29, 0.717) is 17.0 Å². The summed E-state index contributed by atoms with van der Waals surface area (Å²) in [5.41, 5.74) is 9.96. The first-order chi connectivity index (χ1) is 9.47. The number of nitrogen functional groups attached to an aromatic ring is 1. The van der Waals surface area contributed by atoms with Crippen LogP contribution in [-0.2, 0) is 0 Å². The Kier molecular flexibility index (Phi) is 3.01. The highest BCUT2D eigenvalue weighted by Crippen LogP contribution is 2.27. The number of rotatable bonds is 1. The average molecular weight is 334 g/mol. The van der Waals surface area contributed by atoms with Crippen molar-refractivity contribution in [2.45, 2.75) is 13.8 Å². The first-order valence-corrected chi connectivity index (χ1v) is 6.97. The number of hydrogen-bond donors (Lipinski definition) is 1. The van der Waals surface area contributed by atoms with Crippen LogP contribution >= 0.6 is 15.9 Å². The third kappa shape index (κ3) is 1.98. The van der Waals surface area contributed by atoms with E-state index in [0.717, 1.165) is 21.2 Å². The monoisotopic (exact) mass is 333 g/mol. The maximum Gasteiger partial charge on any atom is 0.205 e. The fourth-order valence-electron chi connectivity index (χ4n) is 2.21. The number of aromatic nitrogens is 2. The predicted octanol–water partition coefficient (Wildman–Crippen LogP) is 4.13. The van der Waals surface area contributed by atoms with E-state index in [1.807, 2.05) is 29.7 Å². The summed E-state index contributed by atoms with van der Waals surface area (Å²) in [6.45, 7) is 3.75. The molecule has 0 bridgehead atoms. The number of benzene rings is 2. The highest BCUT2D eigenvalue weighted by Gasteiger charge is 2.13. The van der Waals surface area contributed by atoms with Crippen molar-refractivity contribution in [3.05, 3.63) is 51.7 Å². The minimum Gasteiger partial charge on any atom is -0.369 e. The van der Waals surface area contributed by atoms with Crippen LogP contribution in [0.15, 0.2) is 34.8 Å². The van der Waals surface area contributed by atoms with Crippen molar-refractivity contribution in [3.63, 3.8) is 0 Å². The van der Waals surface area contributed by atoms with Gasteiger partial charge in [0.1, 0.15) is 5.82 Å². The van der Waals surface area contributed by atoms with E-state index < -0.39 is 0 Å². The highest BCUT2D eigenvalue weighted by atomic mass is 79.9. The molecule has 0 unspecified atom stereocenters. The van der Waals surface area contributed by atoms with Gasteiger partial charge in [0, 0.05) is 10.5 Å². The maximum atomic E-state index is 13.6. The quantitative estimate of drug-likeness (QED) is 0.727. The first-order valence-electron chi connectivity index (χ1n) is 6.18. The molecule has 0 aliphatic heterocycles. The van der Waals surface area contributed by atoms with Gasteiger partial charge < -0.3 is 5.73 Å². The molecule has 1 heterocycles. The molecule has 0 aliphatic carbocycles. The van der Waals surface area contributed by atoms with Crippen molar-refractivity contribution in [3.8, 4) is 5.69 Å². The third-order valence-corrected chi connectivity index (χ3v) is 4.23. The van der Waals surface area contributed by atoms with E-state index >= 15 is 0 Å². The van der Waals surface area contributed by atoms with Gasteiger partial charge in [-0.05, 0) is 43.2 Å². The predicted molar refractivity (Wildman–Crippen MR) is 82.6 cm³/mol. The molecule has 3 nitrogen and oxygen atoms in total. The first kappa shape index (κ1) is 13.1. The second-order valence-electron chi connectivity index (χ2n) is 4.83. The Morgan fingerprint density at radius 3 is 2.60 bits per heavy atom. The Hall–Kier alpha value is -1.88. The molecular weight excluding hydrogens is 321 g/mol. The molecule has 5 heteroatoms. The topological polar surface area (TPSA) is 43.8 Å². The smallest absolute Gasteiger partial charge is 0.205 e. The molecule has 0 aliphatic rings. The zero-order chi connectivity index (χ0) is 14.4. The Balaban J connectivity index is 2.32. The molecule has 2 N–H and O–H groups in total. The standard InChI is InChI=1S/C15H13BrFN3/c1-8-3-4-10(6-11(8)16)20-14-5-9(2)12(17)7-13(14)19-15(20)18/h3-7H,1-2H3,(H2,18,19). The molecule has 3 aromatic rings. The fraction of sp³-hybridized carbons (Fsp3) is 0.133. The Morgan fingerprint density at radius 2 is 1.90 bits per heavy atom. The van der Waals surface area contributed by atoms with Crippen LogP contribution in [0.2, 0.25) is 0 Å². The van der Waals surface area contributed by atoms with Gasteiger partial charge in [-0.25, -0.2) is 9.37 Å². The van der Waals surface area contributed by atoms with Crippen LogP contribution in [-0.4, -0.2) is 9.55 Å². The van der Waals surface area contributed by atoms with Crippen LogP contribution in [0.5, 0.6) is 0 Å². The maximum absolute atomic E-state index is 13.6. The summed E-state index contributed by atoms with van der Waals surface area (Å²) in [4.78, 5) is 4.23. The van der Waals surface area contributed by atoms with Crippen molar-refractivity contribution in [2.75, 3.05) is 5.73 Å². The second kappa shape index (κ2) is 4.59. The van der Waals surface area contributed by atoms with Crippen LogP contribution in [0.3, 0.4) is 0 Å². The summed E-state index contributed by atoms with van der Waals surface area (Å²) in [6, 6.07) is 9.13. The number of nitrogens with zero attached hydrogens (tertiary/aromatic N) is 2. The van der Waals surface area contributed by atoms with Gasteiger partial charge in [-0.3, -0.25) is 4.57 Å². The number of imidazole rings is 1. The van der Waals surface area contributed by atoms with Crippen LogP contribution in [0.4, 0.5) is 10.3 Å². The molecule has 0 saturated carbocycles. The Bertz CT molecular complexity index is 824. The van der Waals surface area contributed by atoms with Gasteiger partial charge >= 0.3 is 0 Å². The normalized spacial score (nSPS) is 11.2. The average Bonchev–Trinajstić information content (AvgIpc) is 2.69. The third-order valence-electron chi connectivity index (χ3n) is 3.37. The summed E-state index contributed by atoms with van der Waals surface area (Å²) in [6.07, 6.45) is 0. The van der Waals surface area contributed by atoms with Gasteiger partial charge in [0.05, 0.1) is 16.7 Å². The number of nitrogens with two attached hydrogens (primary N) is 1.